The number of nitrogens with one attached hydrogen (secondary N) is 2. The average Bonchev–Trinajstić information content (AvgIpc) is 3.35. The van der Waals surface area contributed by atoms with Gasteiger partial charge in [-0.25, -0.2) is 19.6 Å². The number of amides is 2. The van der Waals surface area contributed by atoms with Gasteiger partial charge in [0.2, 0.25) is 0 Å². The first kappa shape index (κ1) is 24.6. The quantitative estimate of drug-likeness (QED) is 0.442. The number of esters is 1. The van der Waals surface area contributed by atoms with Crippen LogP contribution in [0.3, 0.4) is 0 Å². The first-order chi connectivity index (χ1) is 16.7. The van der Waals surface area contributed by atoms with Crippen LogP contribution in [0.4, 0.5) is 23.8 Å². The van der Waals surface area contributed by atoms with E-state index in [0.29, 0.717) is 16.7 Å². The molecule has 12 heteroatoms. The third-order valence-corrected chi connectivity index (χ3v) is 6.46. The summed E-state index contributed by atoms with van der Waals surface area (Å²) < 4.78 is 44.3. The van der Waals surface area contributed by atoms with Crippen molar-refractivity contribution in [2.75, 3.05) is 12.4 Å². The molecule has 1 fully saturated rings. The summed E-state index contributed by atoms with van der Waals surface area (Å²) in [6, 6.07) is 2.59. The van der Waals surface area contributed by atoms with Gasteiger partial charge in [-0.05, 0) is 25.0 Å². The Hall–Kier alpha value is -3.54. The first-order valence-corrected chi connectivity index (χ1v) is 11.8. The molecule has 35 heavy (non-hydrogen) atoms. The molecule has 1 aliphatic carbocycles. The summed E-state index contributed by atoms with van der Waals surface area (Å²) in [4.78, 5) is 36.5. The molecule has 0 aliphatic heterocycles. The second-order valence-electron chi connectivity index (χ2n) is 8.04. The molecule has 184 valence electrons. The van der Waals surface area contributed by atoms with Crippen LogP contribution in [0.5, 0.6) is 0 Å². The second kappa shape index (κ2) is 10.4. The van der Waals surface area contributed by atoms with Gasteiger partial charge in [0.1, 0.15) is 10.8 Å². The Labute approximate surface area is 203 Å². The SMILES string of the molecule is COC(=O)c1cncc(-c2cnc(NC(=O)NC3CCCCC3)cc2-c2nc(C(F)(F)F)cs2)c1. The van der Waals surface area contributed by atoms with Crippen LogP contribution in [0, 0.1) is 0 Å². The number of carbonyl (C=O) groups is 2. The van der Waals surface area contributed by atoms with E-state index < -0.39 is 23.9 Å². The monoisotopic (exact) mass is 505 g/mol. The van der Waals surface area contributed by atoms with Crippen LogP contribution in [0.1, 0.15) is 48.2 Å². The van der Waals surface area contributed by atoms with Gasteiger partial charge in [-0.1, -0.05) is 19.3 Å². The van der Waals surface area contributed by atoms with E-state index in [4.69, 9.17) is 4.74 Å². The Morgan fingerprint density at radius 3 is 2.54 bits per heavy atom. The first-order valence-electron chi connectivity index (χ1n) is 10.9. The largest absolute Gasteiger partial charge is 0.465 e. The maximum atomic E-state index is 13.2. The van der Waals surface area contributed by atoms with Crippen molar-refractivity contribution in [2.24, 2.45) is 0 Å². The van der Waals surface area contributed by atoms with Crippen LogP contribution in [0.15, 0.2) is 36.1 Å². The summed E-state index contributed by atoms with van der Waals surface area (Å²) in [6.07, 6.45) is 4.60. The molecule has 8 nitrogen and oxygen atoms in total. The molecule has 0 aromatic carbocycles. The van der Waals surface area contributed by atoms with Crippen molar-refractivity contribution in [2.45, 2.75) is 44.3 Å². The van der Waals surface area contributed by atoms with Gasteiger partial charge >= 0.3 is 18.2 Å². The van der Waals surface area contributed by atoms with E-state index in [-0.39, 0.29) is 22.4 Å². The number of alkyl halides is 3. The highest BCUT2D eigenvalue weighted by Crippen LogP contribution is 2.38. The number of anilines is 1. The molecule has 4 rings (SSSR count). The van der Waals surface area contributed by atoms with E-state index in [9.17, 15) is 22.8 Å². The van der Waals surface area contributed by atoms with Crippen molar-refractivity contribution in [1.29, 1.82) is 0 Å². The van der Waals surface area contributed by atoms with Gasteiger partial charge in [-0.15, -0.1) is 11.3 Å². The van der Waals surface area contributed by atoms with E-state index in [0.717, 1.165) is 48.8 Å². The Kier molecular flexibility index (Phi) is 7.29. The predicted octanol–water partition coefficient (Wildman–Crippen LogP) is 5.53. The molecule has 3 aromatic heterocycles. The van der Waals surface area contributed by atoms with Gasteiger partial charge in [0, 0.05) is 46.7 Å². The molecule has 0 radical (unpaired) electrons. The number of pyridine rings is 2. The van der Waals surface area contributed by atoms with Crippen molar-refractivity contribution in [3.05, 3.63) is 47.4 Å². The third-order valence-electron chi connectivity index (χ3n) is 5.58. The fourth-order valence-electron chi connectivity index (χ4n) is 3.86. The van der Waals surface area contributed by atoms with Crippen LogP contribution >= 0.6 is 11.3 Å². The number of rotatable bonds is 5. The average molecular weight is 506 g/mol. The summed E-state index contributed by atoms with van der Waals surface area (Å²) in [5.74, 6) is -0.460. The van der Waals surface area contributed by atoms with Crippen LogP contribution in [-0.2, 0) is 10.9 Å². The molecule has 3 heterocycles. The lowest BCUT2D eigenvalue weighted by Gasteiger charge is -2.22. The Balaban J connectivity index is 1.69. The molecule has 0 unspecified atom stereocenters. The minimum absolute atomic E-state index is 0.0722. The standard InChI is InChI=1S/C23H22F3N5O3S/c1-34-21(32)14-7-13(9-27-10-14)17-11-28-19(31-22(33)29-15-5-3-2-4-6-15)8-16(17)20-30-18(12-35-20)23(24,25)26/h7-12,15H,2-6H2,1H3,(H2,28,29,31,33). The molecule has 2 amide bonds. The van der Waals surface area contributed by atoms with E-state index in [2.05, 4.69) is 25.6 Å². The summed E-state index contributed by atoms with van der Waals surface area (Å²) in [7, 11) is 1.23. The van der Waals surface area contributed by atoms with Crippen LogP contribution in [-0.4, -0.2) is 40.1 Å². The lowest BCUT2D eigenvalue weighted by molar-refractivity contribution is -0.140. The number of methoxy groups -OCH3 is 1. The van der Waals surface area contributed by atoms with E-state index >= 15 is 0 Å². The van der Waals surface area contributed by atoms with Gasteiger partial charge in [0.25, 0.3) is 0 Å². The van der Waals surface area contributed by atoms with Crippen molar-refractivity contribution in [1.82, 2.24) is 20.3 Å². The lowest BCUT2D eigenvalue weighted by Crippen LogP contribution is -2.39. The van der Waals surface area contributed by atoms with Crippen molar-refractivity contribution < 1.29 is 27.5 Å². The summed E-state index contributed by atoms with van der Waals surface area (Å²) in [5.41, 5.74) is 0.269. The number of urea groups is 1. The van der Waals surface area contributed by atoms with Crippen molar-refractivity contribution in [3.8, 4) is 21.7 Å². The number of ether oxygens (including phenoxy) is 1. The zero-order valence-corrected chi connectivity index (χ0v) is 19.5. The Bertz CT molecular complexity index is 1230. The summed E-state index contributed by atoms with van der Waals surface area (Å²) >= 11 is 0.810. The molecule has 0 spiro atoms. The van der Waals surface area contributed by atoms with E-state index in [1.807, 2.05) is 0 Å². The summed E-state index contributed by atoms with van der Waals surface area (Å²) in [5, 5.41) is 6.57. The topological polar surface area (TPSA) is 106 Å². The fourth-order valence-corrected chi connectivity index (χ4v) is 4.72. The number of halogens is 3. The number of thiazole rings is 1. The zero-order valence-electron chi connectivity index (χ0n) is 18.7. The predicted molar refractivity (Wildman–Crippen MR) is 124 cm³/mol. The Morgan fingerprint density at radius 1 is 1.09 bits per heavy atom. The van der Waals surface area contributed by atoms with Crippen LogP contribution in [0.25, 0.3) is 21.7 Å². The Morgan fingerprint density at radius 2 is 1.86 bits per heavy atom. The number of nitrogens with zero attached hydrogens (tertiary/aromatic N) is 3. The van der Waals surface area contributed by atoms with Gasteiger partial charge in [-0.3, -0.25) is 10.3 Å². The number of hydrogen-bond donors (Lipinski definition) is 2. The minimum Gasteiger partial charge on any atom is -0.465 e. The summed E-state index contributed by atoms with van der Waals surface area (Å²) in [6.45, 7) is 0. The third kappa shape index (κ3) is 5.94. The number of hydrogen-bond acceptors (Lipinski definition) is 7. The zero-order chi connectivity index (χ0) is 25.0. The van der Waals surface area contributed by atoms with Gasteiger partial charge in [0.05, 0.1) is 12.7 Å². The molecular weight excluding hydrogens is 483 g/mol. The van der Waals surface area contributed by atoms with Crippen LogP contribution in [0.2, 0.25) is 0 Å². The van der Waals surface area contributed by atoms with Crippen LogP contribution < -0.4 is 10.6 Å². The molecular formula is C23H22F3N5O3S. The lowest BCUT2D eigenvalue weighted by atomic mass is 9.96. The molecule has 0 atom stereocenters. The van der Waals surface area contributed by atoms with Crippen molar-refractivity contribution in [3.63, 3.8) is 0 Å². The number of aromatic nitrogens is 3. The van der Waals surface area contributed by atoms with Gasteiger partial charge in [0.15, 0.2) is 5.69 Å². The molecule has 0 bridgehead atoms. The maximum absolute atomic E-state index is 13.2. The van der Waals surface area contributed by atoms with Crippen molar-refractivity contribution >= 4 is 29.2 Å². The highest BCUT2D eigenvalue weighted by Gasteiger charge is 2.34. The van der Waals surface area contributed by atoms with E-state index in [1.165, 1.54) is 37.8 Å². The highest BCUT2D eigenvalue weighted by atomic mass is 32.1. The van der Waals surface area contributed by atoms with E-state index in [1.54, 1.807) is 0 Å². The number of carbonyl (C=O) groups excluding carboxylic acids is 2. The second-order valence-corrected chi connectivity index (χ2v) is 8.90. The molecule has 3 aromatic rings. The highest BCUT2D eigenvalue weighted by molar-refractivity contribution is 7.13. The molecule has 1 saturated carbocycles. The van der Waals surface area contributed by atoms with Gasteiger partial charge < -0.3 is 10.1 Å². The molecule has 0 saturated heterocycles. The normalized spacial score (nSPS) is 14.4. The fraction of sp³-hybridized carbons (Fsp3) is 0.348. The maximum Gasteiger partial charge on any atom is 0.434 e. The molecule has 1 aliphatic rings. The minimum atomic E-state index is -4.60. The molecule has 2 N–H and O–H groups in total. The smallest absolute Gasteiger partial charge is 0.434 e. The van der Waals surface area contributed by atoms with Gasteiger partial charge in [-0.2, -0.15) is 13.2 Å².